The third-order valence-electron chi connectivity index (χ3n) is 2.47. The van der Waals surface area contributed by atoms with Crippen molar-refractivity contribution < 1.29 is 0 Å². The van der Waals surface area contributed by atoms with Gasteiger partial charge in [-0.15, -0.1) is 10.2 Å². The van der Waals surface area contributed by atoms with Crippen molar-refractivity contribution in [2.45, 2.75) is 26.2 Å². The van der Waals surface area contributed by atoms with Crippen LogP contribution in [0.1, 0.15) is 26.3 Å². The molecule has 0 spiro atoms. The van der Waals surface area contributed by atoms with E-state index in [1.54, 1.807) is 12.7 Å². The molecular formula is C12H14ClN3. The monoisotopic (exact) mass is 235 g/mol. The van der Waals surface area contributed by atoms with Crippen LogP contribution in [-0.4, -0.2) is 14.8 Å². The van der Waals surface area contributed by atoms with E-state index in [1.807, 2.05) is 16.7 Å². The highest BCUT2D eigenvalue weighted by Crippen LogP contribution is 2.30. The van der Waals surface area contributed by atoms with Crippen molar-refractivity contribution in [3.8, 4) is 5.69 Å². The Morgan fingerprint density at radius 2 is 1.75 bits per heavy atom. The van der Waals surface area contributed by atoms with E-state index >= 15 is 0 Å². The van der Waals surface area contributed by atoms with E-state index in [2.05, 4.69) is 37.0 Å². The molecule has 0 fully saturated rings. The molecule has 3 nitrogen and oxygen atoms in total. The minimum atomic E-state index is 0.0289. The quantitative estimate of drug-likeness (QED) is 0.760. The van der Waals surface area contributed by atoms with Crippen LogP contribution in [0.5, 0.6) is 0 Å². The number of aromatic nitrogens is 3. The van der Waals surface area contributed by atoms with Crippen molar-refractivity contribution in [3.63, 3.8) is 0 Å². The fourth-order valence-electron chi connectivity index (χ4n) is 1.58. The normalized spacial score (nSPS) is 11.8. The van der Waals surface area contributed by atoms with Gasteiger partial charge in [-0.3, -0.25) is 4.57 Å². The van der Waals surface area contributed by atoms with Crippen LogP contribution < -0.4 is 0 Å². The van der Waals surface area contributed by atoms with E-state index < -0.39 is 0 Å². The molecule has 0 unspecified atom stereocenters. The molecule has 2 aromatic rings. The second kappa shape index (κ2) is 3.91. The van der Waals surface area contributed by atoms with Gasteiger partial charge in [-0.05, 0) is 29.2 Å². The Kier molecular flexibility index (Phi) is 2.72. The number of benzene rings is 1. The molecular weight excluding hydrogens is 222 g/mol. The zero-order chi connectivity index (χ0) is 11.8. The first-order valence-corrected chi connectivity index (χ1v) is 5.51. The Bertz CT molecular complexity index is 483. The predicted molar refractivity (Wildman–Crippen MR) is 65.1 cm³/mol. The summed E-state index contributed by atoms with van der Waals surface area (Å²) < 4.78 is 1.87. The lowest BCUT2D eigenvalue weighted by molar-refractivity contribution is 0.590. The molecule has 0 N–H and O–H groups in total. The molecule has 2 rings (SSSR count). The van der Waals surface area contributed by atoms with E-state index in [-0.39, 0.29) is 5.41 Å². The predicted octanol–water partition coefficient (Wildman–Crippen LogP) is 3.22. The third-order valence-corrected chi connectivity index (χ3v) is 2.80. The van der Waals surface area contributed by atoms with Gasteiger partial charge in [0.05, 0.1) is 0 Å². The van der Waals surface area contributed by atoms with Gasteiger partial charge in [0.2, 0.25) is 0 Å². The highest BCUT2D eigenvalue weighted by Gasteiger charge is 2.17. The van der Waals surface area contributed by atoms with Gasteiger partial charge in [0, 0.05) is 10.7 Å². The van der Waals surface area contributed by atoms with Crippen LogP contribution in [0.4, 0.5) is 0 Å². The Morgan fingerprint density at radius 3 is 2.31 bits per heavy atom. The highest BCUT2D eigenvalue weighted by atomic mass is 35.5. The molecule has 1 aromatic heterocycles. The van der Waals surface area contributed by atoms with Crippen LogP contribution in [-0.2, 0) is 5.41 Å². The summed E-state index contributed by atoms with van der Waals surface area (Å²) in [7, 11) is 0. The van der Waals surface area contributed by atoms with Crippen molar-refractivity contribution in [2.24, 2.45) is 0 Å². The molecule has 0 aliphatic heterocycles. The Hall–Kier alpha value is -1.35. The van der Waals surface area contributed by atoms with Gasteiger partial charge >= 0.3 is 0 Å². The van der Waals surface area contributed by atoms with Crippen LogP contribution in [0.25, 0.3) is 5.69 Å². The second-order valence-electron chi connectivity index (χ2n) is 4.78. The largest absolute Gasteiger partial charge is 0.288 e. The zero-order valence-electron chi connectivity index (χ0n) is 9.61. The van der Waals surface area contributed by atoms with Crippen LogP contribution in [0.3, 0.4) is 0 Å². The first-order chi connectivity index (χ1) is 7.48. The van der Waals surface area contributed by atoms with E-state index in [0.717, 1.165) is 16.3 Å². The summed E-state index contributed by atoms with van der Waals surface area (Å²) in [5.74, 6) is 0. The van der Waals surface area contributed by atoms with Gasteiger partial charge in [-0.1, -0.05) is 32.4 Å². The fraction of sp³-hybridized carbons (Fsp3) is 0.333. The smallest absolute Gasteiger partial charge is 0.123 e. The number of nitrogens with zero attached hydrogens (tertiary/aromatic N) is 3. The Morgan fingerprint density at radius 1 is 1.12 bits per heavy atom. The number of rotatable bonds is 1. The summed E-state index contributed by atoms with van der Waals surface area (Å²) in [5, 5.41) is 8.38. The number of hydrogen-bond acceptors (Lipinski definition) is 2. The fourth-order valence-corrected chi connectivity index (χ4v) is 1.98. The lowest BCUT2D eigenvalue weighted by atomic mass is 9.87. The first kappa shape index (κ1) is 11.1. The van der Waals surface area contributed by atoms with Crippen molar-refractivity contribution >= 4 is 11.6 Å². The highest BCUT2D eigenvalue weighted by molar-refractivity contribution is 6.31. The number of halogens is 1. The van der Waals surface area contributed by atoms with E-state index in [1.165, 1.54) is 0 Å². The summed E-state index contributed by atoms with van der Waals surface area (Å²) in [6.45, 7) is 6.43. The molecule has 1 heterocycles. The second-order valence-corrected chi connectivity index (χ2v) is 5.19. The van der Waals surface area contributed by atoms with E-state index in [9.17, 15) is 0 Å². The molecule has 4 heteroatoms. The first-order valence-electron chi connectivity index (χ1n) is 5.13. The molecule has 0 saturated heterocycles. The van der Waals surface area contributed by atoms with Crippen molar-refractivity contribution in [1.82, 2.24) is 14.8 Å². The van der Waals surface area contributed by atoms with Crippen LogP contribution >= 0.6 is 11.6 Å². The molecule has 0 bridgehead atoms. The van der Waals surface area contributed by atoms with Gasteiger partial charge in [0.15, 0.2) is 0 Å². The lowest BCUT2D eigenvalue weighted by Crippen LogP contribution is -2.12. The summed E-state index contributed by atoms with van der Waals surface area (Å²) in [4.78, 5) is 0. The van der Waals surface area contributed by atoms with Crippen molar-refractivity contribution in [1.29, 1.82) is 0 Å². The van der Waals surface area contributed by atoms with Crippen LogP contribution in [0.15, 0.2) is 30.9 Å². The average molecular weight is 236 g/mol. The minimum Gasteiger partial charge on any atom is -0.288 e. The zero-order valence-corrected chi connectivity index (χ0v) is 10.4. The van der Waals surface area contributed by atoms with E-state index in [4.69, 9.17) is 11.6 Å². The SMILES string of the molecule is CC(C)(C)c1cc(-n2cnnc2)ccc1Cl. The molecule has 0 aliphatic rings. The summed E-state index contributed by atoms with van der Waals surface area (Å²) in [5.41, 5.74) is 2.18. The molecule has 0 atom stereocenters. The number of hydrogen-bond donors (Lipinski definition) is 0. The maximum atomic E-state index is 6.20. The van der Waals surface area contributed by atoms with Crippen molar-refractivity contribution in [3.05, 3.63) is 41.4 Å². The molecule has 1 aromatic carbocycles. The average Bonchev–Trinajstić information content (AvgIpc) is 2.69. The van der Waals surface area contributed by atoms with Crippen LogP contribution in [0, 0.1) is 0 Å². The van der Waals surface area contributed by atoms with Gasteiger partial charge < -0.3 is 0 Å². The Labute approximate surface area is 100 Å². The lowest BCUT2D eigenvalue weighted by Gasteiger charge is -2.21. The van der Waals surface area contributed by atoms with Crippen molar-refractivity contribution in [2.75, 3.05) is 0 Å². The summed E-state index contributed by atoms with van der Waals surface area (Å²) >= 11 is 6.20. The molecule has 0 saturated carbocycles. The summed E-state index contributed by atoms with van der Waals surface area (Å²) in [6.07, 6.45) is 3.35. The Balaban J connectivity index is 2.52. The molecule has 0 aliphatic carbocycles. The molecule has 0 amide bonds. The maximum Gasteiger partial charge on any atom is 0.123 e. The maximum absolute atomic E-state index is 6.20. The van der Waals surface area contributed by atoms with Crippen LogP contribution in [0.2, 0.25) is 5.02 Å². The molecule has 16 heavy (non-hydrogen) atoms. The van der Waals surface area contributed by atoms with Gasteiger partial charge in [0.25, 0.3) is 0 Å². The molecule has 84 valence electrons. The summed E-state index contributed by atoms with van der Waals surface area (Å²) in [6, 6.07) is 5.95. The standard InChI is InChI=1S/C12H14ClN3/c1-12(2,3)10-6-9(4-5-11(10)13)16-7-14-15-8-16/h4-8H,1-3H3. The minimum absolute atomic E-state index is 0.0289. The third kappa shape index (κ3) is 2.09. The van der Waals surface area contributed by atoms with Gasteiger partial charge in [-0.2, -0.15) is 0 Å². The van der Waals surface area contributed by atoms with E-state index in [0.29, 0.717) is 0 Å². The van der Waals surface area contributed by atoms with Gasteiger partial charge in [0.1, 0.15) is 12.7 Å². The molecule has 0 radical (unpaired) electrons. The van der Waals surface area contributed by atoms with Gasteiger partial charge in [-0.25, -0.2) is 0 Å². The topological polar surface area (TPSA) is 30.7 Å².